The fourth-order valence-electron chi connectivity index (χ4n) is 8.89. The van der Waals surface area contributed by atoms with Crippen molar-refractivity contribution in [2.75, 3.05) is 62.2 Å². The minimum Gasteiger partial charge on any atom is -0.367 e. The third-order valence-corrected chi connectivity index (χ3v) is 12.8. The summed E-state index contributed by atoms with van der Waals surface area (Å²) < 4.78 is 6.99. The normalized spacial score (nSPS) is 17.7. The molecule has 2 saturated heterocycles. The molecule has 0 aromatic carbocycles. The van der Waals surface area contributed by atoms with E-state index in [1.54, 1.807) is 20.9 Å². The molecule has 0 N–H and O–H groups in total. The molecule has 8 aromatic heterocycles. The van der Waals surface area contributed by atoms with Gasteiger partial charge in [-0.05, 0) is 77.2 Å². The quantitative estimate of drug-likeness (QED) is 0.173. The first-order chi connectivity index (χ1) is 29.8. The minimum atomic E-state index is -0.111. The molecular formula is C46H50Cl2N12O2. The van der Waals surface area contributed by atoms with Crippen LogP contribution in [0.15, 0.2) is 95.3 Å². The average molecular weight is 874 g/mol. The maximum atomic E-state index is 13.0. The number of rotatable bonds is 6. The number of aromatic nitrogens is 8. The maximum absolute atomic E-state index is 13.0. The lowest BCUT2D eigenvalue weighted by Gasteiger charge is -2.40. The summed E-state index contributed by atoms with van der Waals surface area (Å²) in [4.78, 5) is 53.9. The summed E-state index contributed by atoms with van der Waals surface area (Å²) in [6, 6.07) is 15.7. The van der Waals surface area contributed by atoms with Crippen LogP contribution in [0.5, 0.6) is 0 Å². The Labute approximate surface area is 369 Å². The van der Waals surface area contributed by atoms with Gasteiger partial charge < -0.3 is 18.6 Å². The monoisotopic (exact) mass is 872 g/mol. The molecule has 320 valence electrons. The van der Waals surface area contributed by atoms with E-state index in [1.807, 2.05) is 84.1 Å². The number of fused-ring (bicyclic) bond motifs is 4. The summed E-state index contributed by atoms with van der Waals surface area (Å²) in [5.41, 5.74) is 9.01. The van der Waals surface area contributed by atoms with Gasteiger partial charge in [0.1, 0.15) is 11.3 Å². The highest BCUT2D eigenvalue weighted by Crippen LogP contribution is 2.28. The fourth-order valence-corrected chi connectivity index (χ4v) is 9.41. The topological polar surface area (TPSA) is 116 Å². The number of pyridine rings is 4. The molecule has 2 aliphatic heterocycles. The third kappa shape index (κ3) is 8.03. The Hall–Kier alpha value is -5.80. The highest BCUT2D eigenvalue weighted by atomic mass is 35.5. The molecule has 0 aliphatic carbocycles. The van der Waals surface area contributed by atoms with Crippen LogP contribution in [-0.2, 0) is 0 Å². The number of piperazine rings is 2. The number of hydrogen-bond donors (Lipinski definition) is 0. The molecule has 10 heterocycles. The van der Waals surface area contributed by atoms with E-state index in [-0.39, 0.29) is 11.1 Å². The summed E-state index contributed by atoms with van der Waals surface area (Å²) in [6.07, 6.45) is 11.4. The van der Waals surface area contributed by atoms with Gasteiger partial charge >= 0.3 is 0 Å². The highest BCUT2D eigenvalue weighted by Gasteiger charge is 2.24. The molecule has 2 aliphatic rings. The van der Waals surface area contributed by atoms with Gasteiger partial charge in [-0.2, -0.15) is 0 Å². The number of aryl methyl sites for hydroxylation is 2. The van der Waals surface area contributed by atoms with Crippen LogP contribution in [0.25, 0.3) is 45.1 Å². The van der Waals surface area contributed by atoms with Crippen LogP contribution in [0.2, 0.25) is 10.0 Å². The Morgan fingerprint density at radius 1 is 0.565 bits per heavy atom. The molecule has 0 spiro atoms. The van der Waals surface area contributed by atoms with Crippen molar-refractivity contribution in [2.45, 2.75) is 53.6 Å². The first kappa shape index (κ1) is 41.5. The Morgan fingerprint density at radius 2 is 0.984 bits per heavy atom. The number of likely N-dealkylation sites (N-methyl/N-ethyl adjacent to an activating group) is 2. The van der Waals surface area contributed by atoms with E-state index in [9.17, 15) is 9.59 Å². The minimum absolute atomic E-state index is 0.111. The second kappa shape index (κ2) is 16.8. The lowest BCUT2D eigenvalue weighted by molar-refractivity contribution is 0.199. The van der Waals surface area contributed by atoms with E-state index in [4.69, 9.17) is 33.2 Å². The van der Waals surface area contributed by atoms with E-state index >= 15 is 0 Å². The summed E-state index contributed by atoms with van der Waals surface area (Å²) in [5.74, 6) is 0. The molecule has 0 radical (unpaired) electrons. The van der Waals surface area contributed by atoms with E-state index < -0.39 is 0 Å². The first-order valence-electron chi connectivity index (χ1n) is 21.2. The van der Waals surface area contributed by atoms with Crippen LogP contribution in [0.3, 0.4) is 0 Å². The Bertz CT molecular complexity index is 2890. The van der Waals surface area contributed by atoms with Crippen molar-refractivity contribution in [1.29, 1.82) is 0 Å². The van der Waals surface area contributed by atoms with Gasteiger partial charge in [0, 0.05) is 112 Å². The third-order valence-electron chi connectivity index (χ3n) is 12.2. The van der Waals surface area contributed by atoms with Gasteiger partial charge in [-0.1, -0.05) is 37.0 Å². The second-order valence-electron chi connectivity index (χ2n) is 16.4. The number of anilines is 2. The molecule has 16 heteroatoms. The van der Waals surface area contributed by atoms with Gasteiger partial charge in [0.2, 0.25) is 0 Å². The van der Waals surface area contributed by atoms with Crippen LogP contribution in [-0.4, -0.2) is 112 Å². The van der Waals surface area contributed by atoms with Crippen LogP contribution in [0.1, 0.15) is 39.1 Å². The molecule has 2 atom stereocenters. The maximum Gasteiger partial charge on any atom is 0.258 e. The van der Waals surface area contributed by atoms with Gasteiger partial charge in [-0.15, -0.1) is 0 Å². The second-order valence-corrected chi connectivity index (χ2v) is 17.2. The predicted molar refractivity (Wildman–Crippen MR) is 249 cm³/mol. The van der Waals surface area contributed by atoms with Crippen molar-refractivity contribution in [1.82, 2.24) is 47.3 Å². The Morgan fingerprint density at radius 3 is 1.37 bits per heavy atom. The lowest BCUT2D eigenvalue weighted by Crippen LogP contribution is -2.51. The molecule has 14 nitrogen and oxygen atoms in total. The summed E-state index contributed by atoms with van der Waals surface area (Å²) in [6.45, 7) is 20.7. The fraction of sp³-hybridized carbons (Fsp3) is 0.348. The van der Waals surface area contributed by atoms with Crippen LogP contribution < -0.4 is 20.9 Å². The van der Waals surface area contributed by atoms with Crippen molar-refractivity contribution < 1.29 is 0 Å². The van der Waals surface area contributed by atoms with Crippen molar-refractivity contribution in [3.63, 3.8) is 0 Å². The highest BCUT2D eigenvalue weighted by molar-refractivity contribution is 6.34. The zero-order valence-electron chi connectivity index (χ0n) is 35.8. The first-order valence-corrected chi connectivity index (χ1v) is 22.0. The van der Waals surface area contributed by atoms with Crippen molar-refractivity contribution in [2.24, 2.45) is 0 Å². The van der Waals surface area contributed by atoms with E-state index in [1.165, 1.54) is 0 Å². The van der Waals surface area contributed by atoms with Gasteiger partial charge in [0.05, 0.1) is 44.2 Å². The van der Waals surface area contributed by atoms with Gasteiger partial charge in [-0.3, -0.25) is 28.2 Å². The van der Waals surface area contributed by atoms with Gasteiger partial charge in [0.25, 0.3) is 11.1 Å². The van der Waals surface area contributed by atoms with Gasteiger partial charge in [-0.25, -0.2) is 19.9 Å². The molecule has 0 unspecified atom stereocenters. The predicted octanol–water partition coefficient (Wildman–Crippen LogP) is 7.00. The smallest absolute Gasteiger partial charge is 0.258 e. The van der Waals surface area contributed by atoms with Crippen molar-refractivity contribution >= 4 is 57.2 Å². The average Bonchev–Trinajstić information content (AvgIpc) is 3.85. The molecule has 2 fully saturated rings. The Kier molecular flexibility index (Phi) is 11.3. The van der Waals surface area contributed by atoms with E-state index in [0.717, 1.165) is 86.2 Å². The molecule has 0 amide bonds. The van der Waals surface area contributed by atoms with E-state index in [0.29, 0.717) is 56.1 Å². The summed E-state index contributed by atoms with van der Waals surface area (Å²) in [5, 5.41) is 1.06. The van der Waals surface area contributed by atoms with Crippen LogP contribution >= 0.6 is 23.2 Å². The molecule has 10 rings (SSSR count). The van der Waals surface area contributed by atoms with E-state index in [2.05, 4.69) is 69.4 Å². The molecule has 0 bridgehead atoms. The number of nitrogens with zero attached hydrogens (tertiary/aromatic N) is 12. The van der Waals surface area contributed by atoms with Gasteiger partial charge in [0.15, 0.2) is 11.3 Å². The van der Waals surface area contributed by atoms with Crippen molar-refractivity contribution in [3.8, 4) is 22.5 Å². The SMILES string of the molecule is CCN1CCN(c2ccc3nc(-c4cc(Cl)c5nc(C)cn5c4)cc(=O)n3c2)C[C@@H]1C.CCN1CCN(c2ccc3nc(-c4cc(Cl)c5nc(C)cn5c4)cc(=O)n3c2)C[C@H]1C. The zero-order chi connectivity index (χ0) is 43.4. The Balaban J connectivity index is 0.000000158. The standard InChI is InChI=1S/2C23H25ClN6O/c2*1-4-27-7-8-28(12-16(27)3)18-5-6-21-26-20(10-22(31)30(21)14-18)17-9-19(24)23-25-15(2)11-29(23)13-17/h2*5-6,9-11,13-14,16H,4,7-8,12H2,1-3H3/t2*16-/m10/s1. The number of halogens is 2. The molecule has 0 saturated carbocycles. The van der Waals surface area contributed by atoms with Crippen LogP contribution in [0, 0.1) is 13.8 Å². The summed E-state index contributed by atoms with van der Waals surface area (Å²) >= 11 is 12.8. The number of imidazole rings is 2. The zero-order valence-corrected chi connectivity index (χ0v) is 37.3. The molecule has 62 heavy (non-hydrogen) atoms. The summed E-state index contributed by atoms with van der Waals surface area (Å²) in [7, 11) is 0. The lowest BCUT2D eigenvalue weighted by atomic mass is 10.1. The van der Waals surface area contributed by atoms with Crippen LogP contribution in [0.4, 0.5) is 11.4 Å². The number of hydrogen-bond acceptors (Lipinski definition) is 10. The van der Waals surface area contributed by atoms with Crippen molar-refractivity contribution in [3.05, 3.63) is 128 Å². The molecular weight excluding hydrogens is 823 g/mol. The largest absolute Gasteiger partial charge is 0.367 e. The molecule has 8 aromatic rings.